The van der Waals surface area contributed by atoms with Crippen LogP contribution in [0, 0.1) is 0 Å². The molecular weight excluding hydrogens is 864 g/mol. The van der Waals surface area contributed by atoms with Gasteiger partial charge in [-0.15, -0.1) is 0 Å². The van der Waals surface area contributed by atoms with Crippen molar-refractivity contribution < 1.29 is 43.0 Å². The van der Waals surface area contributed by atoms with E-state index in [0.29, 0.717) is 18.8 Å². The first-order valence-electron chi connectivity index (χ1n) is 22.3. The summed E-state index contributed by atoms with van der Waals surface area (Å²) in [6, 6.07) is 45.5. The molecule has 0 atom stereocenters. The number of carboxylic acid groups (broad SMARTS) is 1. The van der Waals surface area contributed by atoms with Gasteiger partial charge in [0.1, 0.15) is 24.7 Å². The molecule has 352 valence electrons. The molecule has 6 aromatic carbocycles. The summed E-state index contributed by atoms with van der Waals surface area (Å²) in [4.78, 5) is 32.7. The van der Waals surface area contributed by atoms with Gasteiger partial charge in [0.15, 0.2) is 11.6 Å². The maximum absolute atomic E-state index is 12.8. The third-order valence-electron chi connectivity index (χ3n) is 11.7. The van der Waals surface area contributed by atoms with Crippen molar-refractivity contribution in [2.24, 2.45) is 0 Å². The Morgan fingerprint density at radius 2 is 1.01 bits per heavy atom. The number of nitrogen functional groups attached to an aromatic ring is 1. The van der Waals surface area contributed by atoms with Crippen molar-refractivity contribution in [3.8, 4) is 11.5 Å². The van der Waals surface area contributed by atoms with Crippen LogP contribution in [-0.2, 0) is 13.2 Å². The normalized spacial score (nSPS) is 13.7. The molecular formula is C53H59LiN10O5. The fraction of sp³-hybridized carbons (Fsp3) is 0.245. The van der Waals surface area contributed by atoms with E-state index in [-0.39, 0.29) is 37.8 Å². The summed E-state index contributed by atoms with van der Waals surface area (Å²) in [7, 11) is 4.24. The van der Waals surface area contributed by atoms with Gasteiger partial charge in [0.05, 0.1) is 17.0 Å². The van der Waals surface area contributed by atoms with E-state index >= 15 is 0 Å². The van der Waals surface area contributed by atoms with Crippen molar-refractivity contribution in [1.29, 1.82) is 0 Å². The van der Waals surface area contributed by atoms with Crippen LogP contribution in [0.3, 0.4) is 0 Å². The number of carbonyl (C=O) groups excluding carboxylic acids is 2. The van der Waals surface area contributed by atoms with Crippen LogP contribution in [0.4, 0.5) is 23.0 Å². The largest absolute Gasteiger partial charge is 1.00 e. The van der Waals surface area contributed by atoms with Crippen molar-refractivity contribution >= 4 is 56.7 Å². The number of aromatic amines is 2. The average Bonchev–Trinajstić information content (AvgIpc) is 3.99. The Morgan fingerprint density at radius 3 is 1.46 bits per heavy atom. The minimum Gasteiger partial charge on any atom is -0.545 e. The van der Waals surface area contributed by atoms with Crippen molar-refractivity contribution in [2.45, 2.75) is 20.6 Å². The van der Waals surface area contributed by atoms with E-state index in [1.54, 1.807) is 18.2 Å². The second kappa shape index (κ2) is 24.7. The molecule has 4 heterocycles. The molecule has 2 saturated heterocycles. The van der Waals surface area contributed by atoms with Crippen LogP contribution in [0.5, 0.6) is 11.5 Å². The first-order chi connectivity index (χ1) is 32.6. The molecule has 10 rings (SSSR count). The van der Waals surface area contributed by atoms with Crippen LogP contribution in [0.1, 0.15) is 39.3 Å². The SMILES string of the molecule is C.CN1CCN(c2n[nH]c3cc(C(=O)Nc4ccc(OCc5ccccc5)cc4)ccc23)CC1.CN1CCN(c2n[nH]c3cc(C(=O)[O-])ccc23)CC1.Nc1ccc(OCc2ccccc2)cc1.[Li+]. The van der Waals surface area contributed by atoms with Crippen LogP contribution < -0.4 is 54.3 Å². The number of nitrogens with one attached hydrogen (secondary N) is 3. The summed E-state index contributed by atoms with van der Waals surface area (Å²) in [6.45, 7) is 8.90. The zero-order valence-electron chi connectivity index (χ0n) is 38.7. The number of likely N-dealkylation sites (N-methyl/N-ethyl adjacent to an activating group) is 2. The zero-order valence-corrected chi connectivity index (χ0v) is 38.7. The molecule has 0 spiro atoms. The number of amides is 1. The van der Waals surface area contributed by atoms with Crippen LogP contribution in [0.2, 0.25) is 0 Å². The summed E-state index contributed by atoms with van der Waals surface area (Å²) < 4.78 is 11.4. The molecule has 2 aromatic heterocycles. The van der Waals surface area contributed by atoms with Gasteiger partial charge in [-0.1, -0.05) is 74.2 Å². The van der Waals surface area contributed by atoms with E-state index in [0.717, 1.165) is 120 Å². The number of fused-ring (bicyclic) bond motifs is 2. The van der Waals surface area contributed by atoms with Gasteiger partial charge in [0.2, 0.25) is 0 Å². The number of hydrogen-bond donors (Lipinski definition) is 4. The van der Waals surface area contributed by atoms with Gasteiger partial charge in [-0.05, 0) is 110 Å². The Balaban J connectivity index is 0.000000184. The fourth-order valence-corrected chi connectivity index (χ4v) is 7.68. The first kappa shape index (κ1) is 51.1. The number of ether oxygens (including phenoxy) is 2. The number of aromatic nitrogens is 4. The minimum atomic E-state index is -1.17. The summed E-state index contributed by atoms with van der Waals surface area (Å²) in [5.74, 6) is 2.12. The number of nitrogens with zero attached hydrogens (tertiary/aromatic N) is 6. The summed E-state index contributed by atoms with van der Waals surface area (Å²) in [5.41, 5.74) is 11.7. The number of carbonyl (C=O) groups is 2. The number of nitrogens with two attached hydrogens (primary N) is 1. The molecule has 0 unspecified atom stereocenters. The van der Waals surface area contributed by atoms with E-state index in [9.17, 15) is 14.7 Å². The van der Waals surface area contributed by atoms with Crippen molar-refractivity contribution in [3.05, 3.63) is 168 Å². The van der Waals surface area contributed by atoms with Crippen LogP contribution >= 0.6 is 0 Å². The number of rotatable bonds is 11. The third kappa shape index (κ3) is 13.9. The third-order valence-corrected chi connectivity index (χ3v) is 11.7. The summed E-state index contributed by atoms with van der Waals surface area (Å²) in [6.07, 6.45) is 0. The van der Waals surface area contributed by atoms with Gasteiger partial charge >= 0.3 is 18.9 Å². The Kier molecular flexibility index (Phi) is 18.3. The van der Waals surface area contributed by atoms with Crippen LogP contribution in [0.15, 0.2) is 146 Å². The second-order valence-electron chi connectivity index (χ2n) is 16.6. The minimum absolute atomic E-state index is 0. The maximum atomic E-state index is 12.8. The molecule has 0 radical (unpaired) electrons. The van der Waals surface area contributed by atoms with E-state index in [1.165, 1.54) is 0 Å². The van der Waals surface area contributed by atoms with E-state index in [1.807, 2.05) is 127 Å². The van der Waals surface area contributed by atoms with Crippen molar-refractivity contribution in [3.63, 3.8) is 0 Å². The van der Waals surface area contributed by atoms with Gasteiger partial charge < -0.3 is 50.0 Å². The molecule has 2 aliphatic rings. The predicted octanol–water partition coefficient (Wildman–Crippen LogP) is 4.31. The fourth-order valence-electron chi connectivity index (χ4n) is 7.68. The molecule has 1 amide bonds. The molecule has 69 heavy (non-hydrogen) atoms. The number of benzene rings is 6. The van der Waals surface area contributed by atoms with Crippen molar-refractivity contribution in [2.75, 3.05) is 87.3 Å². The molecule has 2 aliphatic heterocycles. The molecule has 0 aliphatic carbocycles. The second-order valence-corrected chi connectivity index (χ2v) is 16.6. The Bertz CT molecular complexity index is 2850. The molecule has 15 nitrogen and oxygen atoms in total. The summed E-state index contributed by atoms with van der Waals surface area (Å²) in [5, 5.41) is 30.6. The maximum Gasteiger partial charge on any atom is 1.00 e. The predicted molar refractivity (Wildman–Crippen MR) is 269 cm³/mol. The number of H-pyrrole nitrogens is 2. The Hall–Kier alpha value is -7.28. The zero-order chi connectivity index (χ0) is 46.5. The van der Waals surface area contributed by atoms with Crippen molar-refractivity contribution in [1.82, 2.24) is 30.2 Å². The van der Waals surface area contributed by atoms with E-state index in [2.05, 4.69) is 59.4 Å². The van der Waals surface area contributed by atoms with E-state index in [4.69, 9.17) is 15.2 Å². The first-order valence-corrected chi connectivity index (χ1v) is 22.3. The standard InChI is InChI=1S/C26H27N5O2.C13H16N4O2.C13H13NO.CH4.Li/c1-30-13-15-31(16-14-30)25-23-12-7-20(17-24(23)28-29-25)26(32)27-21-8-10-22(11-9-21)33-18-19-5-3-2-4-6-19;1-16-4-6-17(7-5-16)12-10-3-2-9(13(18)19)8-11(10)14-15-12;14-12-6-8-13(9-7-12)15-10-11-4-2-1-3-5-11;;/h2-12,17H,13-16,18H2,1H3,(H,27,32)(H,28,29);2-3,8H,4-7H2,1H3,(H,14,15)(H,18,19);1-9H,10,14H2;1H4;/q;;;;+1/p-1. The Labute approximate surface area is 415 Å². The number of aromatic carboxylic acids is 1. The molecule has 2 fully saturated rings. The van der Waals surface area contributed by atoms with Gasteiger partial charge in [0, 0.05) is 80.1 Å². The smallest absolute Gasteiger partial charge is 0.545 e. The summed E-state index contributed by atoms with van der Waals surface area (Å²) >= 11 is 0. The molecule has 8 aromatic rings. The van der Waals surface area contributed by atoms with Gasteiger partial charge in [-0.2, -0.15) is 10.2 Å². The Morgan fingerprint density at radius 1 is 0.594 bits per heavy atom. The number of anilines is 4. The molecule has 0 saturated carbocycles. The van der Waals surface area contributed by atoms with Gasteiger partial charge in [0.25, 0.3) is 5.91 Å². The van der Waals surface area contributed by atoms with Crippen LogP contribution in [0.25, 0.3) is 21.8 Å². The van der Waals surface area contributed by atoms with Gasteiger partial charge in [-0.25, -0.2) is 0 Å². The topological polar surface area (TPSA) is 184 Å². The molecule has 5 N–H and O–H groups in total. The monoisotopic (exact) mass is 922 g/mol. The number of carboxylic acids is 1. The average molecular weight is 923 g/mol. The molecule has 0 bridgehead atoms. The van der Waals surface area contributed by atoms with E-state index < -0.39 is 5.97 Å². The quantitative estimate of drug-likeness (QED) is 0.107. The van der Waals surface area contributed by atoms with Gasteiger partial charge in [-0.3, -0.25) is 15.0 Å². The number of hydrogen-bond acceptors (Lipinski definition) is 12. The molecule has 16 heteroatoms. The van der Waals surface area contributed by atoms with Crippen LogP contribution in [-0.4, -0.2) is 109 Å². The number of piperazine rings is 2.